The number of hydrogen-bond acceptors (Lipinski definition) is 4. The Bertz CT molecular complexity index is 656. The molecule has 1 aliphatic carbocycles. The number of hydrogen-bond donors (Lipinski definition) is 2. The summed E-state index contributed by atoms with van der Waals surface area (Å²) in [6.07, 6.45) is 3.78. The molecule has 2 fully saturated rings. The first kappa shape index (κ1) is 24.2. The second-order valence-electron chi connectivity index (χ2n) is 8.16. The highest BCUT2D eigenvalue weighted by Crippen LogP contribution is 2.34. The number of aliphatic imine (C=N–C) groups is 1. The van der Waals surface area contributed by atoms with Crippen LogP contribution in [0.3, 0.4) is 0 Å². The van der Waals surface area contributed by atoms with Gasteiger partial charge in [0, 0.05) is 31.1 Å². The molecule has 2 aliphatic rings. The number of likely N-dealkylation sites (N-methyl/N-ethyl adjacent to an activating group) is 1. The Kier molecular flexibility index (Phi) is 9.98. The molecule has 1 saturated heterocycles. The van der Waals surface area contributed by atoms with Gasteiger partial charge in [-0.2, -0.15) is 0 Å². The van der Waals surface area contributed by atoms with Crippen molar-refractivity contribution in [3.05, 3.63) is 29.3 Å². The molecule has 0 aromatic heterocycles. The third kappa shape index (κ3) is 7.61. The van der Waals surface area contributed by atoms with Gasteiger partial charge in [-0.05, 0) is 58.3 Å². The number of nitrogens with one attached hydrogen (secondary N) is 2. The van der Waals surface area contributed by atoms with Crippen molar-refractivity contribution in [1.29, 1.82) is 0 Å². The molecule has 0 amide bonds. The Labute approximate surface area is 192 Å². The van der Waals surface area contributed by atoms with E-state index in [1.807, 2.05) is 0 Å². The Balaban J connectivity index is 0.00000300. The lowest BCUT2D eigenvalue weighted by atomic mass is 10.1. The standard InChI is InChI=1S/C22H36N4O2.HI/c1-5-23-22(25-14-20(26(3)4)17-8-9-17)24-13-18-7-6-16(2)12-21(18)28-19-10-11-27-15-19;/h6-7,12,17,19-20H,5,8-11,13-15H2,1-4H3,(H2,23,24,25);1H. The number of ether oxygens (including phenoxy) is 2. The fourth-order valence-corrected chi connectivity index (χ4v) is 3.65. The maximum Gasteiger partial charge on any atom is 0.191 e. The van der Waals surface area contributed by atoms with Gasteiger partial charge in [-0.25, -0.2) is 4.99 Å². The lowest BCUT2D eigenvalue weighted by Gasteiger charge is -2.25. The number of guanidine groups is 1. The molecule has 2 unspecified atom stereocenters. The molecule has 29 heavy (non-hydrogen) atoms. The van der Waals surface area contributed by atoms with E-state index >= 15 is 0 Å². The van der Waals surface area contributed by atoms with Crippen molar-refractivity contribution < 1.29 is 9.47 Å². The van der Waals surface area contributed by atoms with Crippen molar-refractivity contribution in [3.63, 3.8) is 0 Å². The Morgan fingerprint density at radius 3 is 2.69 bits per heavy atom. The average molecular weight is 516 g/mol. The molecule has 1 saturated carbocycles. The van der Waals surface area contributed by atoms with Gasteiger partial charge in [0.05, 0.1) is 19.8 Å². The summed E-state index contributed by atoms with van der Waals surface area (Å²) in [4.78, 5) is 7.15. The highest BCUT2D eigenvalue weighted by atomic mass is 127. The molecule has 2 atom stereocenters. The number of benzene rings is 1. The average Bonchev–Trinajstić information content (AvgIpc) is 3.36. The van der Waals surface area contributed by atoms with Crippen LogP contribution >= 0.6 is 24.0 Å². The summed E-state index contributed by atoms with van der Waals surface area (Å²) in [7, 11) is 4.33. The van der Waals surface area contributed by atoms with Crippen molar-refractivity contribution in [2.45, 2.75) is 51.8 Å². The zero-order chi connectivity index (χ0) is 19.9. The molecule has 6 nitrogen and oxygen atoms in total. The fraction of sp³-hybridized carbons (Fsp3) is 0.682. The molecular formula is C22H37IN4O2. The highest BCUT2D eigenvalue weighted by Gasteiger charge is 2.32. The van der Waals surface area contributed by atoms with Crippen molar-refractivity contribution in [2.75, 3.05) is 40.4 Å². The third-order valence-electron chi connectivity index (χ3n) is 5.46. The quantitative estimate of drug-likeness (QED) is 0.300. The van der Waals surface area contributed by atoms with Crippen molar-refractivity contribution in [2.24, 2.45) is 10.9 Å². The number of aryl methyl sites for hydroxylation is 1. The monoisotopic (exact) mass is 516 g/mol. The molecule has 1 aromatic carbocycles. The first-order chi connectivity index (χ1) is 13.6. The van der Waals surface area contributed by atoms with Crippen molar-refractivity contribution in [1.82, 2.24) is 15.5 Å². The minimum Gasteiger partial charge on any atom is -0.488 e. The summed E-state index contributed by atoms with van der Waals surface area (Å²) in [6, 6.07) is 6.92. The molecular weight excluding hydrogens is 479 g/mol. The third-order valence-corrected chi connectivity index (χ3v) is 5.46. The Hall–Kier alpha value is -1.06. The molecule has 1 heterocycles. The van der Waals surface area contributed by atoms with Gasteiger partial charge in [0.2, 0.25) is 0 Å². The SMILES string of the molecule is CCNC(=NCc1ccc(C)cc1OC1CCOC1)NCC(C1CC1)N(C)C.I. The predicted molar refractivity (Wildman–Crippen MR) is 129 cm³/mol. The molecule has 3 rings (SSSR count). The van der Waals surface area contributed by atoms with Gasteiger partial charge in [0.25, 0.3) is 0 Å². The Morgan fingerprint density at radius 2 is 2.07 bits per heavy atom. The van der Waals surface area contributed by atoms with E-state index < -0.39 is 0 Å². The van der Waals surface area contributed by atoms with Crippen LogP contribution in [0.1, 0.15) is 37.3 Å². The smallest absolute Gasteiger partial charge is 0.191 e. The van der Waals surface area contributed by atoms with Gasteiger partial charge in [-0.3, -0.25) is 0 Å². The summed E-state index contributed by atoms with van der Waals surface area (Å²) in [5, 5.41) is 6.90. The van der Waals surface area contributed by atoms with E-state index in [-0.39, 0.29) is 30.1 Å². The van der Waals surface area contributed by atoms with Crippen LogP contribution < -0.4 is 15.4 Å². The maximum absolute atomic E-state index is 6.21. The van der Waals surface area contributed by atoms with Crippen LogP contribution in [-0.4, -0.2) is 63.4 Å². The fourth-order valence-electron chi connectivity index (χ4n) is 3.65. The van der Waals surface area contributed by atoms with Gasteiger partial charge < -0.3 is 25.0 Å². The minimum absolute atomic E-state index is 0. The zero-order valence-electron chi connectivity index (χ0n) is 18.2. The van der Waals surface area contributed by atoms with Crippen LogP contribution in [0, 0.1) is 12.8 Å². The van der Waals surface area contributed by atoms with E-state index in [9.17, 15) is 0 Å². The van der Waals surface area contributed by atoms with Crippen LogP contribution in [0.2, 0.25) is 0 Å². The van der Waals surface area contributed by atoms with Crippen LogP contribution in [0.5, 0.6) is 5.75 Å². The molecule has 0 spiro atoms. The second-order valence-corrected chi connectivity index (χ2v) is 8.16. The van der Waals surface area contributed by atoms with Gasteiger partial charge in [-0.1, -0.05) is 12.1 Å². The second kappa shape index (κ2) is 12.0. The van der Waals surface area contributed by atoms with Gasteiger partial charge in [-0.15, -0.1) is 24.0 Å². The van der Waals surface area contributed by atoms with E-state index in [2.05, 4.69) is 61.7 Å². The first-order valence-corrected chi connectivity index (χ1v) is 10.6. The molecule has 7 heteroatoms. The normalized spacial score (nSPS) is 20.3. The lowest BCUT2D eigenvalue weighted by molar-refractivity contribution is 0.140. The summed E-state index contributed by atoms with van der Waals surface area (Å²) in [5.41, 5.74) is 2.31. The summed E-state index contributed by atoms with van der Waals surface area (Å²) in [5.74, 6) is 2.61. The minimum atomic E-state index is 0. The van der Waals surface area contributed by atoms with Crippen molar-refractivity contribution in [3.8, 4) is 5.75 Å². The maximum atomic E-state index is 6.21. The van der Waals surface area contributed by atoms with E-state index in [4.69, 9.17) is 14.5 Å². The first-order valence-electron chi connectivity index (χ1n) is 10.6. The largest absolute Gasteiger partial charge is 0.488 e. The molecule has 2 N–H and O–H groups in total. The van der Waals surface area contributed by atoms with E-state index in [1.54, 1.807) is 0 Å². The highest BCUT2D eigenvalue weighted by molar-refractivity contribution is 14.0. The summed E-state index contributed by atoms with van der Waals surface area (Å²) < 4.78 is 11.7. The van der Waals surface area contributed by atoms with E-state index in [0.29, 0.717) is 19.2 Å². The zero-order valence-corrected chi connectivity index (χ0v) is 20.6. The molecule has 164 valence electrons. The molecule has 0 radical (unpaired) electrons. The summed E-state index contributed by atoms with van der Waals surface area (Å²) in [6.45, 7) is 8.01. The number of nitrogens with zero attached hydrogens (tertiary/aromatic N) is 2. The topological polar surface area (TPSA) is 58.1 Å². The van der Waals surface area contributed by atoms with Crippen LogP contribution in [0.15, 0.2) is 23.2 Å². The molecule has 1 aliphatic heterocycles. The van der Waals surface area contributed by atoms with Crippen LogP contribution in [-0.2, 0) is 11.3 Å². The van der Waals surface area contributed by atoms with E-state index in [0.717, 1.165) is 49.3 Å². The Morgan fingerprint density at radius 1 is 1.28 bits per heavy atom. The number of rotatable bonds is 9. The van der Waals surface area contributed by atoms with Crippen LogP contribution in [0.25, 0.3) is 0 Å². The predicted octanol–water partition coefficient (Wildman–Crippen LogP) is 3.18. The summed E-state index contributed by atoms with van der Waals surface area (Å²) >= 11 is 0. The van der Waals surface area contributed by atoms with Gasteiger partial charge >= 0.3 is 0 Å². The van der Waals surface area contributed by atoms with Crippen LogP contribution in [0.4, 0.5) is 0 Å². The number of halogens is 1. The molecule has 1 aromatic rings. The molecule has 0 bridgehead atoms. The lowest BCUT2D eigenvalue weighted by Crippen LogP contribution is -2.46. The van der Waals surface area contributed by atoms with Gasteiger partial charge in [0.15, 0.2) is 5.96 Å². The van der Waals surface area contributed by atoms with Crippen molar-refractivity contribution >= 4 is 29.9 Å². The van der Waals surface area contributed by atoms with E-state index in [1.165, 1.54) is 18.4 Å². The van der Waals surface area contributed by atoms with Gasteiger partial charge in [0.1, 0.15) is 11.9 Å².